The molecule has 4 nitrogen and oxygen atoms in total. The molecule has 1 atom stereocenters. The molecule has 5 heteroatoms. The predicted octanol–water partition coefficient (Wildman–Crippen LogP) is 1.71. The third kappa shape index (κ3) is 3.55. The fraction of sp³-hybridized carbons (Fsp3) is 0.571. The van der Waals surface area contributed by atoms with Crippen molar-refractivity contribution in [3.63, 3.8) is 0 Å². The van der Waals surface area contributed by atoms with Crippen molar-refractivity contribution in [3.8, 4) is 0 Å². The molecule has 19 heavy (non-hydrogen) atoms. The normalized spacial score (nSPS) is 17.7. The third-order valence-electron chi connectivity index (χ3n) is 3.92. The molecule has 0 heterocycles. The molecule has 0 bridgehead atoms. The molecule has 1 saturated carbocycles. The van der Waals surface area contributed by atoms with Crippen LogP contribution in [0.4, 0.5) is 0 Å². The Labute approximate surface area is 115 Å². The second-order valence-corrected chi connectivity index (χ2v) is 7.40. The number of rotatable bonds is 6. The van der Waals surface area contributed by atoms with Crippen LogP contribution in [-0.4, -0.2) is 25.8 Å². The van der Waals surface area contributed by atoms with Crippen molar-refractivity contribution in [2.45, 2.75) is 38.1 Å². The summed E-state index contributed by atoms with van der Waals surface area (Å²) < 4.78 is 26.2. The molecule has 0 amide bonds. The molecule has 2 rings (SSSR count). The van der Waals surface area contributed by atoms with E-state index in [1.54, 1.807) is 7.05 Å². The van der Waals surface area contributed by atoms with Crippen molar-refractivity contribution in [2.75, 3.05) is 7.05 Å². The standard InChI is InChI=1S/C14H22N2O2S/c1-11(14-7-8-14)16(2)19(17,18)10-13-5-3-12(9-15)4-6-13/h3-6,11,14H,7-10,15H2,1-2H3. The first-order valence-electron chi connectivity index (χ1n) is 6.67. The number of sulfonamides is 1. The highest BCUT2D eigenvalue weighted by molar-refractivity contribution is 7.88. The molecular formula is C14H22N2O2S. The Hall–Kier alpha value is -0.910. The summed E-state index contributed by atoms with van der Waals surface area (Å²) in [5.74, 6) is 0.602. The zero-order valence-electron chi connectivity index (χ0n) is 11.5. The van der Waals surface area contributed by atoms with Gasteiger partial charge in [-0.15, -0.1) is 0 Å². The summed E-state index contributed by atoms with van der Waals surface area (Å²) >= 11 is 0. The highest BCUT2D eigenvalue weighted by atomic mass is 32.2. The van der Waals surface area contributed by atoms with Crippen molar-refractivity contribution in [2.24, 2.45) is 11.7 Å². The molecule has 1 unspecified atom stereocenters. The summed E-state index contributed by atoms with van der Waals surface area (Å²) in [5.41, 5.74) is 7.36. The minimum Gasteiger partial charge on any atom is -0.326 e. The van der Waals surface area contributed by atoms with E-state index in [0.29, 0.717) is 12.5 Å². The van der Waals surface area contributed by atoms with Gasteiger partial charge in [0.2, 0.25) is 10.0 Å². The Kier molecular flexibility index (Phi) is 4.28. The molecule has 0 aromatic heterocycles. The highest BCUT2D eigenvalue weighted by Crippen LogP contribution is 2.35. The van der Waals surface area contributed by atoms with E-state index in [-0.39, 0.29) is 11.8 Å². The van der Waals surface area contributed by atoms with E-state index in [9.17, 15) is 8.42 Å². The summed E-state index contributed by atoms with van der Waals surface area (Å²) in [6.45, 7) is 2.47. The third-order valence-corrected chi connectivity index (χ3v) is 5.83. The summed E-state index contributed by atoms with van der Waals surface area (Å²) in [6, 6.07) is 7.56. The topological polar surface area (TPSA) is 63.4 Å². The van der Waals surface area contributed by atoms with Crippen molar-refractivity contribution in [1.82, 2.24) is 4.31 Å². The average molecular weight is 282 g/mol. The molecule has 2 N–H and O–H groups in total. The van der Waals surface area contributed by atoms with Gasteiger partial charge >= 0.3 is 0 Å². The molecule has 1 aliphatic rings. The number of hydrogen-bond acceptors (Lipinski definition) is 3. The summed E-state index contributed by atoms with van der Waals surface area (Å²) in [7, 11) is -1.55. The molecule has 1 aromatic rings. The number of benzene rings is 1. The van der Waals surface area contributed by atoms with Gasteiger partial charge in [0.05, 0.1) is 5.75 Å². The number of nitrogens with two attached hydrogens (primary N) is 1. The first kappa shape index (κ1) is 14.5. The highest BCUT2D eigenvalue weighted by Gasteiger charge is 2.35. The molecule has 0 spiro atoms. The Morgan fingerprint density at radius 2 is 1.79 bits per heavy atom. The number of nitrogens with zero attached hydrogens (tertiary/aromatic N) is 1. The van der Waals surface area contributed by atoms with E-state index < -0.39 is 10.0 Å². The largest absolute Gasteiger partial charge is 0.326 e. The van der Waals surface area contributed by atoms with Crippen LogP contribution in [0.15, 0.2) is 24.3 Å². The minimum atomic E-state index is -3.24. The van der Waals surface area contributed by atoms with Gasteiger partial charge in [-0.3, -0.25) is 0 Å². The molecule has 1 aliphatic carbocycles. The lowest BCUT2D eigenvalue weighted by Crippen LogP contribution is -2.37. The Bertz CT molecular complexity index is 521. The second-order valence-electron chi connectivity index (χ2n) is 5.37. The van der Waals surface area contributed by atoms with E-state index in [0.717, 1.165) is 24.0 Å². The van der Waals surface area contributed by atoms with Crippen molar-refractivity contribution in [3.05, 3.63) is 35.4 Å². The van der Waals surface area contributed by atoms with Gasteiger partial charge in [-0.2, -0.15) is 0 Å². The lowest BCUT2D eigenvalue weighted by molar-refractivity contribution is 0.356. The first-order valence-corrected chi connectivity index (χ1v) is 8.28. The molecule has 1 fully saturated rings. The van der Waals surface area contributed by atoms with E-state index in [4.69, 9.17) is 5.73 Å². The van der Waals surface area contributed by atoms with Gasteiger partial charge < -0.3 is 5.73 Å². The van der Waals surface area contributed by atoms with Gasteiger partial charge in [-0.05, 0) is 36.8 Å². The van der Waals surface area contributed by atoms with E-state index >= 15 is 0 Å². The van der Waals surface area contributed by atoms with Gasteiger partial charge in [-0.25, -0.2) is 12.7 Å². The van der Waals surface area contributed by atoms with Crippen LogP contribution in [0.1, 0.15) is 30.9 Å². The van der Waals surface area contributed by atoms with Crippen molar-refractivity contribution in [1.29, 1.82) is 0 Å². The Morgan fingerprint density at radius 3 is 2.26 bits per heavy atom. The Morgan fingerprint density at radius 1 is 1.26 bits per heavy atom. The molecule has 0 aliphatic heterocycles. The maximum Gasteiger partial charge on any atom is 0.218 e. The minimum absolute atomic E-state index is 0.0609. The number of hydrogen-bond donors (Lipinski definition) is 1. The zero-order valence-corrected chi connectivity index (χ0v) is 12.4. The van der Waals surface area contributed by atoms with E-state index in [1.165, 1.54) is 4.31 Å². The monoisotopic (exact) mass is 282 g/mol. The summed E-state index contributed by atoms with van der Waals surface area (Å²) in [5, 5.41) is 0. The fourth-order valence-electron chi connectivity index (χ4n) is 2.21. The van der Waals surface area contributed by atoms with Crippen LogP contribution in [0, 0.1) is 5.92 Å². The smallest absolute Gasteiger partial charge is 0.218 e. The van der Waals surface area contributed by atoms with Crippen LogP contribution >= 0.6 is 0 Å². The average Bonchev–Trinajstić information content (AvgIpc) is 3.22. The molecule has 1 aromatic carbocycles. The van der Waals surface area contributed by atoms with Gasteiger partial charge in [0.1, 0.15) is 0 Å². The van der Waals surface area contributed by atoms with Gasteiger partial charge in [0, 0.05) is 19.6 Å². The van der Waals surface area contributed by atoms with Gasteiger partial charge in [0.25, 0.3) is 0 Å². The lowest BCUT2D eigenvalue weighted by Gasteiger charge is -2.24. The maximum atomic E-state index is 12.3. The quantitative estimate of drug-likeness (QED) is 0.864. The SMILES string of the molecule is CC(C1CC1)N(C)S(=O)(=O)Cc1ccc(CN)cc1. The predicted molar refractivity (Wildman–Crippen MR) is 76.9 cm³/mol. The second kappa shape index (κ2) is 5.61. The van der Waals surface area contributed by atoms with Crippen molar-refractivity contribution >= 4 is 10.0 Å². The lowest BCUT2D eigenvalue weighted by atomic mass is 10.1. The van der Waals surface area contributed by atoms with Crippen LogP contribution < -0.4 is 5.73 Å². The maximum absolute atomic E-state index is 12.3. The first-order chi connectivity index (χ1) is 8.94. The molecular weight excluding hydrogens is 260 g/mol. The van der Waals surface area contributed by atoms with Gasteiger partial charge in [0.15, 0.2) is 0 Å². The Balaban J connectivity index is 2.06. The van der Waals surface area contributed by atoms with Gasteiger partial charge in [-0.1, -0.05) is 24.3 Å². The van der Waals surface area contributed by atoms with E-state index in [1.807, 2.05) is 31.2 Å². The van der Waals surface area contributed by atoms with Crippen LogP contribution in [0.2, 0.25) is 0 Å². The van der Waals surface area contributed by atoms with Crippen LogP contribution in [0.5, 0.6) is 0 Å². The van der Waals surface area contributed by atoms with Crippen LogP contribution in [-0.2, 0) is 22.3 Å². The molecule has 0 radical (unpaired) electrons. The van der Waals surface area contributed by atoms with Crippen molar-refractivity contribution < 1.29 is 8.42 Å². The van der Waals surface area contributed by atoms with Crippen LogP contribution in [0.25, 0.3) is 0 Å². The summed E-state index contributed by atoms with van der Waals surface area (Å²) in [6.07, 6.45) is 2.29. The summed E-state index contributed by atoms with van der Waals surface area (Å²) in [4.78, 5) is 0. The molecule has 106 valence electrons. The zero-order chi connectivity index (χ0) is 14.0. The van der Waals surface area contributed by atoms with E-state index in [2.05, 4.69) is 0 Å². The molecule has 0 saturated heterocycles. The van der Waals surface area contributed by atoms with Crippen LogP contribution in [0.3, 0.4) is 0 Å². The fourth-order valence-corrected chi connectivity index (χ4v) is 3.71.